The van der Waals surface area contributed by atoms with E-state index in [1.54, 1.807) is 0 Å². The first-order valence-corrected chi connectivity index (χ1v) is 7.07. The van der Waals surface area contributed by atoms with E-state index in [0.717, 1.165) is 37.5 Å². The number of hydrogen-bond donors (Lipinski definition) is 0. The lowest BCUT2D eigenvalue weighted by atomic mass is 9.68. The second kappa shape index (κ2) is 4.50. The van der Waals surface area contributed by atoms with E-state index in [1.165, 1.54) is 19.3 Å². The van der Waals surface area contributed by atoms with Crippen molar-refractivity contribution in [3.05, 3.63) is 0 Å². The highest BCUT2D eigenvalue weighted by molar-refractivity contribution is 5.87. The normalized spacial score (nSPS) is 38.6. The van der Waals surface area contributed by atoms with Gasteiger partial charge in [0.25, 0.3) is 0 Å². The molecule has 2 aliphatic rings. The van der Waals surface area contributed by atoms with Gasteiger partial charge in [0, 0.05) is 11.3 Å². The Kier molecular flexibility index (Phi) is 3.42. The highest BCUT2D eigenvalue weighted by atomic mass is 16.1. The van der Waals surface area contributed by atoms with Gasteiger partial charge in [-0.15, -0.1) is 0 Å². The molecule has 0 aromatic carbocycles. The van der Waals surface area contributed by atoms with Crippen molar-refractivity contribution in [1.82, 2.24) is 0 Å². The molecule has 0 aromatic heterocycles. The molecule has 3 atom stereocenters. The molecule has 0 radical (unpaired) electrons. The molecule has 16 heavy (non-hydrogen) atoms. The van der Waals surface area contributed by atoms with Crippen LogP contribution in [-0.4, -0.2) is 5.78 Å². The van der Waals surface area contributed by atoms with Crippen LogP contribution in [0.5, 0.6) is 0 Å². The fourth-order valence-corrected chi connectivity index (χ4v) is 3.68. The van der Waals surface area contributed by atoms with Gasteiger partial charge in [0.15, 0.2) is 0 Å². The number of carbonyl (C=O) groups excluding carboxylic acids is 1. The lowest BCUT2D eigenvalue weighted by Crippen LogP contribution is -2.35. The predicted octanol–water partition coefficient (Wildman–Crippen LogP) is 4.21. The predicted molar refractivity (Wildman–Crippen MR) is 67.3 cm³/mol. The molecule has 2 fully saturated rings. The zero-order chi connectivity index (χ0) is 11.8. The van der Waals surface area contributed by atoms with Gasteiger partial charge < -0.3 is 0 Å². The molecule has 0 aromatic rings. The smallest absolute Gasteiger partial charge is 0.141 e. The summed E-state index contributed by atoms with van der Waals surface area (Å²) in [5.41, 5.74) is 0.0466. The summed E-state index contributed by atoms with van der Waals surface area (Å²) in [4.78, 5) is 12.6. The molecule has 0 spiro atoms. The second-order valence-electron chi connectivity index (χ2n) is 6.60. The van der Waals surface area contributed by atoms with Crippen LogP contribution >= 0.6 is 0 Å². The number of ketones is 1. The van der Waals surface area contributed by atoms with Crippen LogP contribution in [0.3, 0.4) is 0 Å². The Morgan fingerprint density at radius 1 is 1.06 bits per heavy atom. The van der Waals surface area contributed by atoms with Crippen LogP contribution in [0.25, 0.3) is 0 Å². The molecule has 1 heteroatoms. The number of rotatable bonds is 2. The highest BCUT2D eigenvalue weighted by Crippen LogP contribution is 2.44. The van der Waals surface area contributed by atoms with Crippen molar-refractivity contribution in [2.75, 3.05) is 0 Å². The molecular weight excluding hydrogens is 196 g/mol. The molecule has 0 N–H and O–H groups in total. The summed E-state index contributed by atoms with van der Waals surface area (Å²) in [6.07, 6.45) is 8.38. The van der Waals surface area contributed by atoms with Gasteiger partial charge in [-0.25, -0.2) is 0 Å². The molecule has 0 amide bonds. The molecule has 2 aliphatic carbocycles. The van der Waals surface area contributed by atoms with Gasteiger partial charge in [0.1, 0.15) is 5.78 Å². The van der Waals surface area contributed by atoms with E-state index in [0.29, 0.717) is 11.7 Å². The third-order valence-corrected chi connectivity index (χ3v) is 5.27. The summed E-state index contributed by atoms with van der Waals surface area (Å²) < 4.78 is 0. The molecule has 0 heterocycles. The zero-order valence-corrected chi connectivity index (χ0v) is 11.1. The standard InChI is InChI=1S/C15H26O/c1-11-6-7-13(10-12(11)2)14(16)15(3)8-4-5-9-15/h11-13H,4-10H2,1-3H3. The summed E-state index contributed by atoms with van der Waals surface area (Å²) >= 11 is 0. The van der Waals surface area contributed by atoms with E-state index in [1.807, 2.05) is 0 Å². The quantitative estimate of drug-likeness (QED) is 0.684. The van der Waals surface area contributed by atoms with E-state index in [4.69, 9.17) is 0 Å². The van der Waals surface area contributed by atoms with Gasteiger partial charge in [-0.3, -0.25) is 4.79 Å². The minimum Gasteiger partial charge on any atom is -0.299 e. The van der Waals surface area contributed by atoms with Crippen molar-refractivity contribution < 1.29 is 4.79 Å². The van der Waals surface area contributed by atoms with Crippen LogP contribution in [0.2, 0.25) is 0 Å². The van der Waals surface area contributed by atoms with Gasteiger partial charge in [0.2, 0.25) is 0 Å². The molecule has 0 aliphatic heterocycles. The van der Waals surface area contributed by atoms with E-state index >= 15 is 0 Å². The molecule has 0 saturated heterocycles. The number of Topliss-reactive ketones (excluding diaryl/α,β-unsaturated/α-hetero) is 1. The summed E-state index contributed by atoms with van der Waals surface area (Å²) in [6.45, 7) is 6.87. The Morgan fingerprint density at radius 3 is 2.25 bits per heavy atom. The molecule has 3 unspecified atom stereocenters. The van der Waals surface area contributed by atoms with Crippen molar-refractivity contribution in [2.45, 2.75) is 65.7 Å². The Labute approximate surface area is 100.0 Å². The first kappa shape index (κ1) is 12.1. The maximum atomic E-state index is 12.6. The van der Waals surface area contributed by atoms with Crippen molar-refractivity contribution in [2.24, 2.45) is 23.2 Å². The SMILES string of the molecule is CC1CCC(C(=O)C2(C)CCCC2)CC1C. The van der Waals surface area contributed by atoms with Crippen LogP contribution in [0.1, 0.15) is 65.7 Å². The average molecular weight is 222 g/mol. The van der Waals surface area contributed by atoms with E-state index < -0.39 is 0 Å². The Balaban J connectivity index is 2.00. The molecule has 92 valence electrons. The third kappa shape index (κ3) is 2.19. The van der Waals surface area contributed by atoms with Crippen LogP contribution in [0.15, 0.2) is 0 Å². The van der Waals surface area contributed by atoms with Crippen molar-refractivity contribution in [3.8, 4) is 0 Å². The van der Waals surface area contributed by atoms with Gasteiger partial charge in [-0.05, 0) is 43.9 Å². The largest absolute Gasteiger partial charge is 0.299 e. The topological polar surface area (TPSA) is 17.1 Å². The van der Waals surface area contributed by atoms with Crippen molar-refractivity contribution >= 4 is 5.78 Å². The molecule has 0 bridgehead atoms. The van der Waals surface area contributed by atoms with Gasteiger partial charge in [-0.2, -0.15) is 0 Å². The van der Waals surface area contributed by atoms with Gasteiger partial charge in [-0.1, -0.05) is 33.6 Å². The zero-order valence-electron chi connectivity index (χ0n) is 11.1. The van der Waals surface area contributed by atoms with E-state index in [-0.39, 0.29) is 5.41 Å². The summed E-state index contributed by atoms with van der Waals surface area (Å²) in [5, 5.41) is 0. The fraction of sp³-hybridized carbons (Fsp3) is 0.933. The van der Waals surface area contributed by atoms with Crippen LogP contribution in [-0.2, 0) is 4.79 Å². The van der Waals surface area contributed by atoms with Crippen LogP contribution < -0.4 is 0 Å². The van der Waals surface area contributed by atoms with Crippen LogP contribution in [0, 0.1) is 23.2 Å². The van der Waals surface area contributed by atoms with Crippen LogP contribution in [0.4, 0.5) is 0 Å². The summed E-state index contributed by atoms with van der Waals surface area (Å²) in [7, 11) is 0. The highest BCUT2D eigenvalue weighted by Gasteiger charge is 2.41. The molecular formula is C15H26O. The summed E-state index contributed by atoms with van der Waals surface area (Å²) in [5.74, 6) is 2.55. The Hall–Kier alpha value is -0.330. The minimum absolute atomic E-state index is 0.0466. The number of carbonyl (C=O) groups is 1. The monoisotopic (exact) mass is 222 g/mol. The molecule has 2 rings (SSSR count). The lowest BCUT2D eigenvalue weighted by Gasteiger charge is -2.35. The number of hydrogen-bond acceptors (Lipinski definition) is 1. The minimum atomic E-state index is 0.0466. The third-order valence-electron chi connectivity index (χ3n) is 5.27. The second-order valence-corrected chi connectivity index (χ2v) is 6.60. The van der Waals surface area contributed by atoms with Gasteiger partial charge >= 0.3 is 0 Å². The maximum absolute atomic E-state index is 12.6. The van der Waals surface area contributed by atoms with Crippen molar-refractivity contribution in [3.63, 3.8) is 0 Å². The molecule has 1 nitrogen and oxygen atoms in total. The lowest BCUT2D eigenvalue weighted by molar-refractivity contribution is -0.133. The maximum Gasteiger partial charge on any atom is 0.141 e. The first-order valence-electron chi connectivity index (χ1n) is 7.07. The Bertz CT molecular complexity index is 263. The van der Waals surface area contributed by atoms with Gasteiger partial charge in [0.05, 0.1) is 0 Å². The van der Waals surface area contributed by atoms with E-state index in [9.17, 15) is 4.79 Å². The van der Waals surface area contributed by atoms with Crippen molar-refractivity contribution in [1.29, 1.82) is 0 Å². The summed E-state index contributed by atoms with van der Waals surface area (Å²) in [6, 6.07) is 0. The van der Waals surface area contributed by atoms with E-state index in [2.05, 4.69) is 20.8 Å². The first-order chi connectivity index (χ1) is 7.53. The average Bonchev–Trinajstić information content (AvgIpc) is 2.70. The molecule has 2 saturated carbocycles. The fourth-order valence-electron chi connectivity index (χ4n) is 3.68. The Morgan fingerprint density at radius 2 is 1.69 bits per heavy atom.